The second-order valence-corrected chi connectivity index (χ2v) is 7.21. The maximum Gasteiger partial charge on any atom is 0.287 e. The predicted octanol–water partition coefficient (Wildman–Crippen LogP) is 4.32. The maximum absolute atomic E-state index is 13.4. The third-order valence-electron chi connectivity index (χ3n) is 5.17. The summed E-state index contributed by atoms with van der Waals surface area (Å²) in [5.41, 5.74) is 2.66. The van der Waals surface area contributed by atoms with Gasteiger partial charge in [0.1, 0.15) is 5.75 Å². The first-order chi connectivity index (χ1) is 15.2. The van der Waals surface area contributed by atoms with Crippen LogP contribution in [0.4, 0.5) is 5.69 Å². The fraction of sp³-hybridized carbons (Fsp3) is 0.115. The number of hydrogen-bond acceptors (Lipinski definition) is 3. The maximum atomic E-state index is 13.4. The Labute approximate surface area is 181 Å². The van der Waals surface area contributed by atoms with Crippen molar-refractivity contribution in [1.82, 2.24) is 0 Å². The average molecular weight is 413 g/mol. The Morgan fingerprint density at radius 3 is 2.23 bits per heavy atom. The van der Waals surface area contributed by atoms with Crippen LogP contribution in [-0.2, 0) is 4.79 Å². The molecule has 0 radical (unpaired) electrons. The van der Waals surface area contributed by atoms with Crippen LogP contribution >= 0.6 is 0 Å². The molecule has 0 fully saturated rings. The molecule has 31 heavy (non-hydrogen) atoms. The summed E-state index contributed by atoms with van der Waals surface area (Å²) in [6.07, 6.45) is 1.66. The number of nitrogens with two attached hydrogens (primary N) is 1. The Bertz CT molecular complexity index is 1100. The van der Waals surface area contributed by atoms with Gasteiger partial charge in [0.05, 0.1) is 13.4 Å². The zero-order valence-corrected chi connectivity index (χ0v) is 17.3. The van der Waals surface area contributed by atoms with E-state index in [-0.39, 0.29) is 11.9 Å². The van der Waals surface area contributed by atoms with E-state index in [2.05, 4.69) is 5.32 Å². The lowest BCUT2D eigenvalue weighted by Gasteiger charge is -2.22. The molecule has 0 spiro atoms. The topological polar surface area (TPSA) is 68.1 Å². The molecule has 1 heterocycles. The van der Waals surface area contributed by atoms with E-state index >= 15 is 0 Å². The number of hydrogen-bond donors (Lipinski definition) is 2. The predicted molar refractivity (Wildman–Crippen MR) is 120 cm³/mol. The van der Waals surface area contributed by atoms with Crippen LogP contribution < -0.4 is 15.4 Å². The summed E-state index contributed by atoms with van der Waals surface area (Å²) in [7, 11) is 1.61. The molecule has 0 saturated carbocycles. The first kappa shape index (κ1) is 20.4. The zero-order chi connectivity index (χ0) is 21.5. The van der Waals surface area contributed by atoms with Crippen molar-refractivity contribution >= 4 is 11.6 Å². The van der Waals surface area contributed by atoms with E-state index in [1.165, 1.54) is 0 Å². The monoisotopic (exact) mass is 413 g/mol. The summed E-state index contributed by atoms with van der Waals surface area (Å²) in [4.78, 5) is 13.4. The van der Waals surface area contributed by atoms with Crippen LogP contribution in [0.2, 0.25) is 0 Å². The van der Waals surface area contributed by atoms with Crippen LogP contribution in [0.3, 0.4) is 0 Å². The Kier molecular flexibility index (Phi) is 6.45. The van der Waals surface area contributed by atoms with Gasteiger partial charge in [-0.25, -0.2) is 0 Å². The molecule has 3 N–H and O–H groups in total. The largest absolute Gasteiger partial charge is 0.497 e. The highest BCUT2D eigenvalue weighted by atomic mass is 16.5. The molecule has 0 saturated heterocycles. The zero-order valence-electron chi connectivity index (χ0n) is 17.3. The van der Waals surface area contributed by atoms with E-state index in [4.69, 9.17) is 9.15 Å². The summed E-state index contributed by atoms with van der Waals surface area (Å²) in [6, 6.07) is 30.3. The first-order valence-corrected chi connectivity index (χ1v) is 10.2. The van der Waals surface area contributed by atoms with Crippen molar-refractivity contribution in [2.75, 3.05) is 12.4 Å². The molecule has 0 aliphatic carbocycles. The Morgan fingerprint density at radius 2 is 1.58 bits per heavy atom. The Hall–Kier alpha value is -3.83. The van der Waals surface area contributed by atoms with Gasteiger partial charge in [-0.15, -0.1) is 0 Å². The second-order valence-electron chi connectivity index (χ2n) is 7.21. The number of quaternary nitrogens is 1. The summed E-state index contributed by atoms with van der Waals surface area (Å²) in [5.74, 6) is 1.36. The van der Waals surface area contributed by atoms with Gasteiger partial charge in [0.2, 0.25) is 0 Å². The normalized spacial score (nSPS) is 12.7. The lowest BCUT2D eigenvalue weighted by molar-refractivity contribution is -0.715. The van der Waals surface area contributed by atoms with E-state index in [0.717, 1.165) is 16.9 Å². The van der Waals surface area contributed by atoms with Gasteiger partial charge in [-0.1, -0.05) is 66.7 Å². The van der Waals surface area contributed by atoms with Gasteiger partial charge in [0.25, 0.3) is 5.91 Å². The lowest BCUT2D eigenvalue weighted by atomic mass is 10.00. The molecular weight excluding hydrogens is 388 g/mol. The van der Waals surface area contributed by atoms with Crippen LogP contribution in [0, 0.1) is 0 Å². The average Bonchev–Trinajstić information content (AvgIpc) is 3.35. The molecule has 2 atom stereocenters. The Morgan fingerprint density at radius 1 is 0.871 bits per heavy atom. The number of amides is 1. The van der Waals surface area contributed by atoms with Crippen LogP contribution in [0.5, 0.6) is 5.75 Å². The highest BCUT2D eigenvalue weighted by molar-refractivity contribution is 5.94. The van der Waals surface area contributed by atoms with Crippen molar-refractivity contribution in [3.05, 3.63) is 120 Å². The van der Waals surface area contributed by atoms with Crippen molar-refractivity contribution in [2.45, 2.75) is 12.1 Å². The van der Waals surface area contributed by atoms with Gasteiger partial charge in [0, 0.05) is 22.9 Å². The van der Waals surface area contributed by atoms with Crippen molar-refractivity contribution in [1.29, 1.82) is 0 Å². The molecule has 0 aliphatic rings. The smallest absolute Gasteiger partial charge is 0.287 e. The molecule has 156 valence electrons. The van der Waals surface area contributed by atoms with Gasteiger partial charge < -0.3 is 19.8 Å². The van der Waals surface area contributed by atoms with Crippen molar-refractivity contribution in [3.8, 4) is 5.75 Å². The standard InChI is InChI=1S/C26H24N2O3/c1-30-22-15-8-14-21(18-22)27-26(29)25(20-12-6-3-7-13-20)28-24(23-16-9-17-31-23)19-10-4-2-5-11-19/h2-18,24-25,28H,1H3,(H,27,29)/p+1/t24-,25+/m0/s1. The number of carbonyl (C=O) groups excluding carboxylic acids is 1. The van der Waals surface area contributed by atoms with Crippen molar-refractivity contribution < 1.29 is 19.3 Å². The number of methoxy groups -OCH3 is 1. The summed E-state index contributed by atoms with van der Waals surface area (Å²) < 4.78 is 11.0. The molecule has 3 aromatic carbocycles. The van der Waals surface area contributed by atoms with E-state index < -0.39 is 6.04 Å². The minimum Gasteiger partial charge on any atom is -0.497 e. The van der Waals surface area contributed by atoms with Crippen molar-refractivity contribution in [3.63, 3.8) is 0 Å². The fourth-order valence-corrected chi connectivity index (χ4v) is 3.62. The molecule has 5 heteroatoms. The van der Waals surface area contributed by atoms with E-state index in [9.17, 15) is 4.79 Å². The highest BCUT2D eigenvalue weighted by Gasteiger charge is 2.31. The van der Waals surface area contributed by atoms with Gasteiger partial charge in [0.15, 0.2) is 17.8 Å². The van der Waals surface area contributed by atoms with E-state index in [0.29, 0.717) is 11.4 Å². The number of anilines is 1. The summed E-state index contributed by atoms with van der Waals surface area (Å²) in [6.45, 7) is 0. The SMILES string of the molecule is COc1cccc(NC(=O)[C@H]([NH2+][C@@H](c2ccccc2)c2ccco2)c2ccccc2)c1. The van der Waals surface area contributed by atoms with Crippen LogP contribution in [-0.4, -0.2) is 13.0 Å². The number of carbonyl (C=O) groups is 1. The van der Waals surface area contributed by atoms with Crippen LogP contribution in [0.1, 0.15) is 29.0 Å². The number of ether oxygens (including phenoxy) is 1. The third kappa shape index (κ3) is 5.02. The second kappa shape index (κ2) is 9.78. The molecule has 1 amide bonds. The van der Waals surface area contributed by atoms with Crippen LogP contribution in [0.25, 0.3) is 0 Å². The lowest BCUT2D eigenvalue weighted by Crippen LogP contribution is -2.88. The molecule has 0 aliphatic heterocycles. The molecule has 0 unspecified atom stereocenters. The summed E-state index contributed by atoms with van der Waals surface area (Å²) >= 11 is 0. The minimum absolute atomic E-state index is 0.119. The van der Waals surface area contributed by atoms with Gasteiger partial charge in [-0.3, -0.25) is 4.79 Å². The first-order valence-electron chi connectivity index (χ1n) is 10.2. The molecule has 4 aromatic rings. The molecule has 4 rings (SSSR count). The van der Waals surface area contributed by atoms with Crippen molar-refractivity contribution in [2.24, 2.45) is 0 Å². The number of benzene rings is 3. The van der Waals surface area contributed by atoms with Crippen LogP contribution in [0.15, 0.2) is 108 Å². The number of furan rings is 1. The molecule has 5 nitrogen and oxygen atoms in total. The number of rotatable bonds is 8. The van der Waals surface area contributed by atoms with Gasteiger partial charge >= 0.3 is 0 Å². The fourth-order valence-electron chi connectivity index (χ4n) is 3.62. The van der Waals surface area contributed by atoms with E-state index in [1.54, 1.807) is 19.4 Å². The highest BCUT2D eigenvalue weighted by Crippen LogP contribution is 2.22. The minimum atomic E-state index is -0.484. The molecular formula is C26H25N2O3+. The van der Waals surface area contributed by atoms with Gasteiger partial charge in [-0.05, 0) is 24.3 Å². The van der Waals surface area contributed by atoms with E-state index in [1.807, 2.05) is 96.3 Å². The van der Waals surface area contributed by atoms with Gasteiger partial charge in [-0.2, -0.15) is 0 Å². The Balaban J connectivity index is 1.66. The molecule has 1 aromatic heterocycles. The summed E-state index contributed by atoms with van der Waals surface area (Å²) in [5, 5.41) is 5.08. The number of nitrogens with one attached hydrogen (secondary N) is 1. The molecule has 0 bridgehead atoms. The third-order valence-corrected chi connectivity index (χ3v) is 5.17. The quantitative estimate of drug-likeness (QED) is 0.452.